The molecular formula is C51H31N5O. The fourth-order valence-electron chi connectivity index (χ4n) is 8.61. The third-order valence-corrected chi connectivity index (χ3v) is 11.2. The highest BCUT2D eigenvalue weighted by molar-refractivity contribution is 6.30. The lowest BCUT2D eigenvalue weighted by atomic mass is 10.0. The summed E-state index contributed by atoms with van der Waals surface area (Å²) in [5, 5.41) is 7.06. The molecule has 8 aromatic carbocycles. The summed E-state index contributed by atoms with van der Waals surface area (Å²) in [6, 6.07) is 65.5. The summed E-state index contributed by atoms with van der Waals surface area (Å²) in [4.78, 5) is 14.8. The normalized spacial score (nSPS) is 11.9. The van der Waals surface area contributed by atoms with Crippen LogP contribution in [0.1, 0.15) is 0 Å². The van der Waals surface area contributed by atoms with E-state index in [-0.39, 0.29) is 0 Å². The van der Waals surface area contributed by atoms with E-state index in [0.717, 1.165) is 72.1 Å². The van der Waals surface area contributed by atoms with E-state index < -0.39 is 0 Å². The Balaban J connectivity index is 1.08. The Morgan fingerprint density at radius 1 is 0.316 bits per heavy atom. The highest BCUT2D eigenvalue weighted by Crippen LogP contribution is 2.44. The molecule has 0 radical (unpaired) electrons. The van der Waals surface area contributed by atoms with E-state index in [1.165, 1.54) is 21.5 Å². The SMILES string of the molecule is c1ccc(-c2nc(-c3ccccc3)nc(-c3ccc(-n4c5ccccc5c5c6c7cc8c(cc7n(-c7ccccc7)c6ccc54)oc4ccccc48)cc3)n2)cc1. The van der Waals surface area contributed by atoms with Gasteiger partial charge < -0.3 is 13.6 Å². The number of aromatic nitrogens is 5. The molecule has 266 valence electrons. The van der Waals surface area contributed by atoms with E-state index >= 15 is 0 Å². The molecule has 4 heterocycles. The minimum atomic E-state index is 0.630. The van der Waals surface area contributed by atoms with Gasteiger partial charge in [-0.15, -0.1) is 0 Å². The second kappa shape index (κ2) is 12.3. The molecule has 0 unspecified atom stereocenters. The summed E-state index contributed by atoms with van der Waals surface area (Å²) in [7, 11) is 0. The first kappa shape index (κ1) is 31.5. The number of hydrogen-bond acceptors (Lipinski definition) is 4. The first-order chi connectivity index (χ1) is 28.3. The quantitative estimate of drug-likeness (QED) is 0.177. The summed E-state index contributed by atoms with van der Waals surface area (Å²) in [5.41, 5.74) is 11.3. The van der Waals surface area contributed by atoms with Crippen LogP contribution in [0.4, 0.5) is 0 Å². The zero-order valence-electron chi connectivity index (χ0n) is 30.5. The summed E-state index contributed by atoms with van der Waals surface area (Å²) < 4.78 is 11.2. The highest BCUT2D eigenvalue weighted by Gasteiger charge is 2.22. The van der Waals surface area contributed by atoms with Gasteiger partial charge in [-0.3, -0.25) is 0 Å². The Morgan fingerprint density at radius 3 is 1.46 bits per heavy atom. The predicted molar refractivity (Wildman–Crippen MR) is 232 cm³/mol. The summed E-state index contributed by atoms with van der Waals surface area (Å²) in [6.45, 7) is 0. The minimum absolute atomic E-state index is 0.630. The van der Waals surface area contributed by atoms with Crippen molar-refractivity contribution < 1.29 is 4.42 Å². The molecule has 12 aromatic rings. The number of fused-ring (bicyclic) bond motifs is 10. The van der Waals surface area contributed by atoms with Gasteiger partial charge in [-0.1, -0.05) is 115 Å². The standard InChI is InChI=1S/C51H31N5O/c1-4-14-32(15-5-1)49-52-50(33-16-6-2-7-17-33)54-51(53-49)34-24-26-36(27-25-34)55-41-22-12-10-21-38(41)47-42(55)28-29-43-48(47)40-30-39-37-20-11-13-23-45(37)57-46(39)31-44(40)56(43)35-18-8-3-9-19-35/h1-31H. The van der Waals surface area contributed by atoms with Gasteiger partial charge in [0.05, 0.1) is 22.1 Å². The number of rotatable bonds is 5. The number of hydrogen-bond donors (Lipinski definition) is 0. The Labute approximate surface area is 326 Å². The van der Waals surface area contributed by atoms with Gasteiger partial charge in [0.1, 0.15) is 11.2 Å². The van der Waals surface area contributed by atoms with Gasteiger partial charge in [-0.05, 0) is 66.7 Å². The van der Waals surface area contributed by atoms with Gasteiger partial charge in [0.25, 0.3) is 0 Å². The van der Waals surface area contributed by atoms with E-state index in [9.17, 15) is 0 Å². The fraction of sp³-hybridized carbons (Fsp3) is 0. The molecular weight excluding hydrogens is 699 g/mol. The topological polar surface area (TPSA) is 61.7 Å². The smallest absolute Gasteiger partial charge is 0.164 e. The molecule has 57 heavy (non-hydrogen) atoms. The van der Waals surface area contributed by atoms with Crippen molar-refractivity contribution in [1.29, 1.82) is 0 Å². The number of nitrogens with zero attached hydrogens (tertiary/aromatic N) is 5. The van der Waals surface area contributed by atoms with Crippen LogP contribution in [0, 0.1) is 0 Å². The maximum absolute atomic E-state index is 6.44. The van der Waals surface area contributed by atoms with E-state index in [1.807, 2.05) is 72.8 Å². The third-order valence-electron chi connectivity index (χ3n) is 11.2. The van der Waals surface area contributed by atoms with Crippen LogP contribution in [-0.2, 0) is 0 Å². The van der Waals surface area contributed by atoms with Gasteiger partial charge in [-0.25, -0.2) is 15.0 Å². The highest BCUT2D eigenvalue weighted by atomic mass is 16.3. The lowest BCUT2D eigenvalue weighted by Gasteiger charge is -2.11. The molecule has 6 heteroatoms. The van der Waals surface area contributed by atoms with Crippen molar-refractivity contribution in [2.45, 2.75) is 0 Å². The number of para-hydroxylation sites is 3. The third kappa shape index (κ3) is 4.87. The van der Waals surface area contributed by atoms with Crippen molar-refractivity contribution >= 4 is 65.6 Å². The molecule has 0 saturated heterocycles. The molecule has 6 nitrogen and oxygen atoms in total. The van der Waals surface area contributed by atoms with Crippen LogP contribution < -0.4 is 0 Å². The van der Waals surface area contributed by atoms with Crippen molar-refractivity contribution in [3.63, 3.8) is 0 Å². The molecule has 0 saturated carbocycles. The van der Waals surface area contributed by atoms with Crippen molar-refractivity contribution in [2.75, 3.05) is 0 Å². The Morgan fingerprint density at radius 2 is 0.807 bits per heavy atom. The molecule has 0 atom stereocenters. The van der Waals surface area contributed by atoms with Crippen molar-refractivity contribution in [1.82, 2.24) is 24.1 Å². The zero-order chi connectivity index (χ0) is 37.5. The largest absolute Gasteiger partial charge is 0.456 e. The van der Waals surface area contributed by atoms with E-state index in [1.54, 1.807) is 0 Å². The molecule has 0 aliphatic rings. The van der Waals surface area contributed by atoms with Crippen molar-refractivity contribution in [2.24, 2.45) is 0 Å². The van der Waals surface area contributed by atoms with Gasteiger partial charge in [-0.2, -0.15) is 0 Å². The van der Waals surface area contributed by atoms with E-state index in [0.29, 0.717) is 17.5 Å². The maximum atomic E-state index is 6.44. The lowest BCUT2D eigenvalue weighted by Crippen LogP contribution is -2.00. The molecule has 0 aliphatic heterocycles. The zero-order valence-corrected chi connectivity index (χ0v) is 30.5. The molecule has 0 bridgehead atoms. The van der Waals surface area contributed by atoms with Crippen LogP contribution in [0.25, 0.3) is 111 Å². The second-order valence-electron chi connectivity index (χ2n) is 14.4. The van der Waals surface area contributed by atoms with Crippen LogP contribution in [0.2, 0.25) is 0 Å². The van der Waals surface area contributed by atoms with Gasteiger partial charge in [0, 0.05) is 66.4 Å². The molecule has 0 amide bonds. The van der Waals surface area contributed by atoms with Gasteiger partial charge >= 0.3 is 0 Å². The summed E-state index contributed by atoms with van der Waals surface area (Å²) in [5.74, 6) is 1.92. The average Bonchev–Trinajstić information content (AvgIpc) is 3.93. The average molecular weight is 730 g/mol. The molecule has 0 aliphatic carbocycles. The number of benzene rings is 8. The van der Waals surface area contributed by atoms with Crippen LogP contribution in [0.15, 0.2) is 192 Å². The predicted octanol–water partition coefficient (Wildman–Crippen LogP) is 13.0. The minimum Gasteiger partial charge on any atom is -0.456 e. The fourth-order valence-corrected chi connectivity index (χ4v) is 8.61. The van der Waals surface area contributed by atoms with Crippen molar-refractivity contribution in [3.05, 3.63) is 188 Å². The molecule has 0 fully saturated rings. The van der Waals surface area contributed by atoms with Crippen molar-refractivity contribution in [3.8, 4) is 45.5 Å². The second-order valence-corrected chi connectivity index (χ2v) is 14.4. The monoisotopic (exact) mass is 729 g/mol. The summed E-state index contributed by atoms with van der Waals surface area (Å²) in [6.07, 6.45) is 0. The summed E-state index contributed by atoms with van der Waals surface area (Å²) >= 11 is 0. The Bertz CT molecular complexity index is 3430. The molecule has 0 spiro atoms. The van der Waals surface area contributed by atoms with Crippen LogP contribution in [0.3, 0.4) is 0 Å². The van der Waals surface area contributed by atoms with Gasteiger partial charge in [0.2, 0.25) is 0 Å². The maximum Gasteiger partial charge on any atom is 0.164 e. The van der Waals surface area contributed by atoms with Crippen LogP contribution in [0.5, 0.6) is 0 Å². The Kier molecular flexibility index (Phi) is 6.83. The molecule has 12 rings (SSSR count). The molecule has 0 N–H and O–H groups in total. The van der Waals surface area contributed by atoms with Gasteiger partial charge in [0.15, 0.2) is 17.5 Å². The van der Waals surface area contributed by atoms with E-state index in [4.69, 9.17) is 19.4 Å². The van der Waals surface area contributed by atoms with Crippen LogP contribution >= 0.6 is 0 Å². The lowest BCUT2D eigenvalue weighted by molar-refractivity contribution is 0.669. The van der Waals surface area contributed by atoms with Crippen LogP contribution in [-0.4, -0.2) is 24.1 Å². The first-order valence-electron chi connectivity index (χ1n) is 19.1. The number of furan rings is 1. The van der Waals surface area contributed by atoms with E-state index in [2.05, 4.69) is 124 Å². The molecule has 4 aromatic heterocycles. The Hall–Kier alpha value is -7.83. The first-order valence-corrected chi connectivity index (χ1v) is 19.1.